The maximum atomic E-state index is 13.7. The second-order valence-electron chi connectivity index (χ2n) is 10.6. The molecule has 1 saturated heterocycles. The predicted octanol–water partition coefficient (Wildman–Crippen LogP) is 1.72. The summed E-state index contributed by atoms with van der Waals surface area (Å²) in [6, 6.07) is 16.1. The van der Waals surface area contributed by atoms with Crippen molar-refractivity contribution in [3.8, 4) is 6.07 Å². The number of hydrogen-bond donors (Lipinski definition) is 4. The van der Waals surface area contributed by atoms with Crippen molar-refractivity contribution in [2.45, 2.75) is 70.1 Å². The van der Waals surface area contributed by atoms with Crippen LogP contribution in [0.4, 0.5) is 4.79 Å². The van der Waals surface area contributed by atoms with Gasteiger partial charge in [-0.3, -0.25) is 9.59 Å². The molecule has 10 nitrogen and oxygen atoms in total. The second kappa shape index (κ2) is 13.3. The van der Waals surface area contributed by atoms with Gasteiger partial charge in [0.15, 0.2) is 0 Å². The number of nitrogens with zero attached hydrogens (tertiary/aromatic N) is 2. The van der Waals surface area contributed by atoms with E-state index in [1.54, 1.807) is 45.0 Å². The number of likely N-dealkylation sites (tertiary alicyclic amines) is 1. The Kier molecular flexibility index (Phi) is 10.1. The normalized spacial score (nSPS) is 16.5. The van der Waals surface area contributed by atoms with Crippen molar-refractivity contribution in [2.75, 3.05) is 6.54 Å². The van der Waals surface area contributed by atoms with Gasteiger partial charge in [-0.05, 0) is 63.3 Å². The molecular weight excluding hydrogens is 499 g/mol. The van der Waals surface area contributed by atoms with E-state index in [1.807, 2.05) is 36.4 Å². The lowest BCUT2D eigenvalue weighted by Gasteiger charge is -2.30. The summed E-state index contributed by atoms with van der Waals surface area (Å²) in [5.41, 5.74) is 1.14. The van der Waals surface area contributed by atoms with Crippen LogP contribution in [0.25, 0.3) is 0 Å². The maximum Gasteiger partial charge on any atom is 0.475 e. The summed E-state index contributed by atoms with van der Waals surface area (Å²) in [5.74, 6) is -2.00. The summed E-state index contributed by atoms with van der Waals surface area (Å²) in [6.45, 7) is 5.49. The molecule has 3 atom stereocenters. The number of nitrogens with one attached hydrogen (secondary N) is 2. The number of ether oxygens (including phenoxy) is 1. The summed E-state index contributed by atoms with van der Waals surface area (Å²) in [5, 5.41) is 34.4. The molecule has 11 heteroatoms. The van der Waals surface area contributed by atoms with Gasteiger partial charge in [-0.25, -0.2) is 4.79 Å². The largest absolute Gasteiger partial charge is 0.475 e. The topological polar surface area (TPSA) is 152 Å². The van der Waals surface area contributed by atoms with Crippen LogP contribution in [-0.2, 0) is 27.2 Å². The number of amides is 3. The van der Waals surface area contributed by atoms with Crippen molar-refractivity contribution in [3.63, 3.8) is 0 Å². The van der Waals surface area contributed by atoms with E-state index in [4.69, 9.17) is 10.00 Å². The fourth-order valence-corrected chi connectivity index (χ4v) is 4.53. The van der Waals surface area contributed by atoms with E-state index >= 15 is 0 Å². The van der Waals surface area contributed by atoms with Crippen LogP contribution in [-0.4, -0.2) is 70.1 Å². The highest BCUT2D eigenvalue weighted by atomic mass is 16.6. The summed E-state index contributed by atoms with van der Waals surface area (Å²) in [4.78, 5) is 41.0. The molecule has 0 aliphatic carbocycles. The number of carbonyl (C=O) groups excluding carboxylic acids is 3. The van der Waals surface area contributed by atoms with E-state index in [0.29, 0.717) is 30.5 Å². The molecule has 206 valence electrons. The summed E-state index contributed by atoms with van der Waals surface area (Å²) >= 11 is 0. The van der Waals surface area contributed by atoms with Gasteiger partial charge in [-0.1, -0.05) is 42.5 Å². The molecule has 2 aromatic rings. The Hall–Kier alpha value is -3.88. The van der Waals surface area contributed by atoms with Gasteiger partial charge in [-0.15, -0.1) is 0 Å². The standard InChI is InChI=1S/C28H35BN4O6/c1-28(2,3)39-27(36)31-22(16-19-9-5-4-6-10-19)26(35)33-14-8-13-23(33)25(34)32-24(29(37)38)17-20-11-7-12-21(15-20)18-30/h4-7,9-12,15,22-24,37-38H,8,13-14,16-17H2,1-3H3,(H,31,36)(H,32,34)/t22-,23+,24?/m1/s1. The monoisotopic (exact) mass is 534 g/mol. The van der Waals surface area contributed by atoms with Crippen molar-refractivity contribution < 1.29 is 29.2 Å². The summed E-state index contributed by atoms with van der Waals surface area (Å²) in [7, 11) is -1.86. The third-order valence-corrected chi connectivity index (χ3v) is 6.31. The van der Waals surface area contributed by atoms with E-state index in [1.165, 1.54) is 4.90 Å². The first kappa shape index (κ1) is 29.7. The van der Waals surface area contributed by atoms with Crippen LogP contribution in [0.5, 0.6) is 0 Å². The van der Waals surface area contributed by atoms with E-state index in [0.717, 1.165) is 5.56 Å². The minimum Gasteiger partial charge on any atom is -0.444 e. The molecule has 1 aliphatic heterocycles. The average molecular weight is 534 g/mol. The molecule has 0 bridgehead atoms. The first-order valence-corrected chi connectivity index (χ1v) is 13.0. The van der Waals surface area contributed by atoms with Crippen LogP contribution < -0.4 is 10.6 Å². The van der Waals surface area contributed by atoms with Crippen LogP contribution in [0, 0.1) is 11.3 Å². The molecule has 0 radical (unpaired) electrons. The Bertz CT molecular complexity index is 1190. The Morgan fingerprint density at radius 1 is 1.08 bits per heavy atom. The minimum absolute atomic E-state index is 0.0798. The molecule has 1 aliphatic rings. The van der Waals surface area contributed by atoms with Crippen LogP contribution in [0.2, 0.25) is 0 Å². The van der Waals surface area contributed by atoms with Crippen molar-refractivity contribution in [3.05, 3.63) is 71.3 Å². The quantitative estimate of drug-likeness (QED) is 0.358. The lowest BCUT2D eigenvalue weighted by molar-refractivity contribution is -0.140. The van der Waals surface area contributed by atoms with Crippen molar-refractivity contribution in [1.29, 1.82) is 5.26 Å². The number of carbonyl (C=O) groups is 3. The summed E-state index contributed by atoms with van der Waals surface area (Å²) in [6.07, 6.45) is 0.512. The van der Waals surface area contributed by atoms with Crippen molar-refractivity contribution >= 4 is 25.0 Å². The van der Waals surface area contributed by atoms with Crippen molar-refractivity contribution in [2.24, 2.45) is 0 Å². The van der Waals surface area contributed by atoms with Gasteiger partial charge in [0, 0.05) is 13.0 Å². The molecule has 1 heterocycles. The maximum absolute atomic E-state index is 13.7. The van der Waals surface area contributed by atoms with Gasteiger partial charge in [-0.2, -0.15) is 5.26 Å². The van der Waals surface area contributed by atoms with E-state index in [-0.39, 0.29) is 12.8 Å². The van der Waals surface area contributed by atoms with Gasteiger partial charge in [0.05, 0.1) is 17.6 Å². The highest BCUT2D eigenvalue weighted by Crippen LogP contribution is 2.21. The summed E-state index contributed by atoms with van der Waals surface area (Å²) < 4.78 is 5.37. The van der Waals surface area contributed by atoms with E-state index in [9.17, 15) is 24.4 Å². The highest BCUT2D eigenvalue weighted by molar-refractivity contribution is 6.43. The molecular formula is C28H35BN4O6. The molecule has 3 amide bonds. The zero-order valence-corrected chi connectivity index (χ0v) is 22.5. The molecule has 3 rings (SSSR count). The first-order valence-electron chi connectivity index (χ1n) is 13.0. The molecule has 39 heavy (non-hydrogen) atoms. The molecule has 0 aromatic heterocycles. The fraction of sp³-hybridized carbons (Fsp3) is 0.429. The number of hydrogen-bond acceptors (Lipinski definition) is 7. The lowest BCUT2D eigenvalue weighted by Crippen LogP contribution is -2.57. The third-order valence-electron chi connectivity index (χ3n) is 6.31. The molecule has 1 unspecified atom stereocenters. The van der Waals surface area contributed by atoms with Crippen LogP contribution in [0.1, 0.15) is 50.3 Å². The Balaban J connectivity index is 1.75. The Morgan fingerprint density at radius 3 is 2.41 bits per heavy atom. The molecule has 0 saturated carbocycles. The van der Waals surface area contributed by atoms with Gasteiger partial charge < -0.3 is 30.3 Å². The van der Waals surface area contributed by atoms with Gasteiger partial charge in [0.2, 0.25) is 11.8 Å². The van der Waals surface area contributed by atoms with Crippen LogP contribution in [0.15, 0.2) is 54.6 Å². The molecule has 1 fully saturated rings. The van der Waals surface area contributed by atoms with Gasteiger partial charge >= 0.3 is 13.2 Å². The zero-order valence-electron chi connectivity index (χ0n) is 22.5. The highest BCUT2D eigenvalue weighted by Gasteiger charge is 2.39. The number of nitriles is 1. The number of alkyl carbamates (subject to hydrolysis) is 1. The van der Waals surface area contributed by atoms with Crippen molar-refractivity contribution in [1.82, 2.24) is 15.5 Å². The van der Waals surface area contributed by atoms with Gasteiger partial charge in [0.1, 0.15) is 17.7 Å². The second-order valence-corrected chi connectivity index (χ2v) is 10.6. The first-order chi connectivity index (χ1) is 18.5. The fourth-order valence-electron chi connectivity index (χ4n) is 4.53. The predicted molar refractivity (Wildman–Crippen MR) is 145 cm³/mol. The number of rotatable bonds is 9. The lowest BCUT2D eigenvalue weighted by atomic mass is 9.75. The van der Waals surface area contributed by atoms with Crippen LogP contribution in [0.3, 0.4) is 0 Å². The average Bonchev–Trinajstić information content (AvgIpc) is 3.37. The van der Waals surface area contributed by atoms with E-state index < -0.39 is 48.7 Å². The third kappa shape index (κ3) is 8.84. The van der Waals surface area contributed by atoms with Crippen LogP contribution >= 0.6 is 0 Å². The van der Waals surface area contributed by atoms with Gasteiger partial charge in [0.25, 0.3) is 0 Å². The minimum atomic E-state index is -1.86. The molecule has 0 spiro atoms. The zero-order chi connectivity index (χ0) is 28.6. The van der Waals surface area contributed by atoms with E-state index in [2.05, 4.69) is 10.6 Å². The number of benzene rings is 2. The Labute approximate surface area is 229 Å². The Morgan fingerprint density at radius 2 is 1.77 bits per heavy atom. The smallest absolute Gasteiger partial charge is 0.444 e. The molecule has 4 N–H and O–H groups in total. The SMILES string of the molecule is CC(C)(C)OC(=O)N[C@H](Cc1ccccc1)C(=O)N1CCC[C@H]1C(=O)NC(Cc1cccc(C#N)c1)B(O)O. The molecule has 2 aromatic carbocycles.